The molecule has 0 unspecified atom stereocenters. The molecule has 0 spiro atoms. The fraction of sp³-hybridized carbons (Fsp3) is 0.706. The molecule has 3 aliphatic rings. The molecule has 2 aliphatic carbocycles. The first kappa shape index (κ1) is 13.9. The van der Waals surface area contributed by atoms with Crippen molar-refractivity contribution in [3.05, 3.63) is 23.3 Å². The second kappa shape index (κ2) is 4.45. The van der Waals surface area contributed by atoms with Gasteiger partial charge in [0.15, 0.2) is 0 Å². The second-order valence-corrected chi connectivity index (χ2v) is 6.91. The minimum absolute atomic E-state index is 0.0541. The molecule has 0 saturated heterocycles. The first-order valence-electron chi connectivity index (χ1n) is 7.66. The van der Waals surface area contributed by atoms with Crippen molar-refractivity contribution in [3.8, 4) is 0 Å². The normalized spacial score (nSPS) is 38.5. The van der Waals surface area contributed by atoms with E-state index in [0.29, 0.717) is 18.4 Å². The van der Waals surface area contributed by atoms with Gasteiger partial charge in [-0.05, 0) is 43.9 Å². The molecular weight excluding hydrogens is 252 g/mol. The lowest BCUT2D eigenvalue weighted by Crippen LogP contribution is -2.52. The molecule has 0 aromatic heterocycles. The largest absolute Gasteiger partial charge is 0.426 e. The van der Waals surface area contributed by atoms with Crippen LogP contribution in [0.25, 0.3) is 0 Å². The van der Waals surface area contributed by atoms with Gasteiger partial charge in [0.1, 0.15) is 0 Å². The lowest BCUT2D eigenvalue weighted by atomic mass is 9.56. The van der Waals surface area contributed by atoms with Gasteiger partial charge in [0, 0.05) is 24.7 Å². The number of carbonyl (C=O) groups excluding carboxylic acids is 1. The van der Waals surface area contributed by atoms with Gasteiger partial charge in [-0.15, -0.1) is 0 Å². The summed E-state index contributed by atoms with van der Waals surface area (Å²) in [4.78, 5) is 11.9. The third kappa shape index (κ3) is 1.86. The van der Waals surface area contributed by atoms with Gasteiger partial charge in [0.25, 0.3) is 0 Å². The average molecular weight is 276 g/mol. The molecule has 110 valence electrons. The van der Waals surface area contributed by atoms with E-state index >= 15 is 0 Å². The molecule has 0 radical (unpaired) electrons. The van der Waals surface area contributed by atoms with Crippen LogP contribution in [0.5, 0.6) is 0 Å². The summed E-state index contributed by atoms with van der Waals surface area (Å²) >= 11 is 0. The summed E-state index contributed by atoms with van der Waals surface area (Å²) < 4.78 is 11.6. The first-order valence-corrected chi connectivity index (χ1v) is 7.66. The van der Waals surface area contributed by atoms with E-state index in [9.17, 15) is 4.79 Å². The number of allylic oxidation sites excluding steroid dienone is 2. The van der Waals surface area contributed by atoms with Crippen LogP contribution >= 0.6 is 0 Å². The minimum Gasteiger partial charge on any atom is -0.426 e. The fourth-order valence-corrected chi connectivity index (χ4v) is 4.47. The summed E-state index contributed by atoms with van der Waals surface area (Å²) in [6.45, 7) is 9.18. The van der Waals surface area contributed by atoms with Gasteiger partial charge in [0.2, 0.25) is 5.79 Å². The van der Waals surface area contributed by atoms with Crippen molar-refractivity contribution in [2.75, 3.05) is 6.61 Å². The molecule has 0 aromatic rings. The van der Waals surface area contributed by atoms with Crippen LogP contribution in [0.2, 0.25) is 0 Å². The second-order valence-electron chi connectivity index (χ2n) is 6.91. The van der Waals surface area contributed by atoms with Crippen LogP contribution in [0, 0.1) is 17.3 Å². The van der Waals surface area contributed by atoms with Gasteiger partial charge in [-0.3, -0.25) is 0 Å². The Morgan fingerprint density at radius 3 is 2.90 bits per heavy atom. The Bertz CT molecular complexity index is 500. The Kier molecular flexibility index (Phi) is 3.09. The molecule has 0 amide bonds. The highest BCUT2D eigenvalue weighted by Crippen LogP contribution is 2.58. The summed E-state index contributed by atoms with van der Waals surface area (Å²) in [7, 11) is 0. The molecule has 1 aliphatic heterocycles. The predicted octanol–water partition coefficient (Wildman–Crippen LogP) is 3.60. The van der Waals surface area contributed by atoms with Gasteiger partial charge in [-0.25, -0.2) is 4.79 Å². The summed E-state index contributed by atoms with van der Waals surface area (Å²) in [5, 5.41) is 0. The summed E-state index contributed by atoms with van der Waals surface area (Å²) in [6, 6.07) is 0. The Hall–Kier alpha value is -1.09. The van der Waals surface area contributed by atoms with E-state index in [-0.39, 0.29) is 11.4 Å². The smallest absolute Gasteiger partial charge is 0.333 e. The number of hydrogen-bond acceptors (Lipinski definition) is 3. The maximum Gasteiger partial charge on any atom is 0.333 e. The topological polar surface area (TPSA) is 35.5 Å². The quantitative estimate of drug-likeness (QED) is 0.571. The van der Waals surface area contributed by atoms with Crippen molar-refractivity contribution in [2.45, 2.75) is 52.7 Å². The van der Waals surface area contributed by atoms with Crippen molar-refractivity contribution >= 4 is 5.97 Å². The molecule has 1 heterocycles. The molecular formula is C17H24O3. The Balaban J connectivity index is 2.06. The monoisotopic (exact) mass is 276 g/mol. The highest BCUT2D eigenvalue weighted by molar-refractivity contribution is 5.87. The number of carbonyl (C=O) groups is 1. The number of rotatable bonds is 2. The summed E-state index contributed by atoms with van der Waals surface area (Å²) in [5.74, 6) is -0.0558. The third-order valence-electron chi connectivity index (χ3n) is 5.31. The highest BCUT2D eigenvalue weighted by atomic mass is 16.7. The van der Waals surface area contributed by atoms with Gasteiger partial charge in [-0.1, -0.05) is 25.5 Å². The van der Waals surface area contributed by atoms with Crippen LogP contribution in [-0.4, -0.2) is 18.4 Å². The molecule has 1 saturated carbocycles. The SMILES string of the molecule is CCO[C@@]12C[C@@H]3C=C(C)CC[C@@H]3C(C)(C)C1=CC(=O)O2. The van der Waals surface area contributed by atoms with E-state index < -0.39 is 5.79 Å². The van der Waals surface area contributed by atoms with Crippen LogP contribution in [0.4, 0.5) is 0 Å². The highest BCUT2D eigenvalue weighted by Gasteiger charge is 2.59. The van der Waals surface area contributed by atoms with Crippen LogP contribution in [0.3, 0.4) is 0 Å². The summed E-state index contributed by atoms with van der Waals surface area (Å²) in [5.41, 5.74) is 2.44. The van der Waals surface area contributed by atoms with Crippen LogP contribution in [0.1, 0.15) is 47.0 Å². The Morgan fingerprint density at radius 1 is 1.45 bits per heavy atom. The number of ether oxygens (including phenoxy) is 2. The van der Waals surface area contributed by atoms with E-state index in [1.165, 1.54) is 12.0 Å². The van der Waals surface area contributed by atoms with Crippen LogP contribution in [0.15, 0.2) is 23.3 Å². The molecule has 0 N–H and O–H groups in total. The lowest BCUT2D eigenvalue weighted by molar-refractivity contribution is -0.223. The van der Waals surface area contributed by atoms with E-state index in [1.807, 2.05) is 6.92 Å². The first-order chi connectivity index (χ1) is 9.39. The van der Waals surface area contributed by atoms with E-state index in [0.717, 1.165) is 18.4 Å². The van der Waals surface area contributed by atoms with Crippen molar-refractivity contribution in [2.24, 2.45) is 17.3 Å². The lowest BCUT2D eigenvalue weighted by Gasteiger charge is -2.52. The molecule has 1 fully saturated rings. The van der Waals surface area contributed by atoms with Crippen molar-refractivity contribution in [1.82, 2.24) is 0 Å². The maximum atomic E-state index is 11.9. The van der Waals surface area contributed by atoms with Crippen molar-refractivity contribution in [1.29, 1.82) is 0 Å². The molecule has 0 bridgehead atoms. The van der Waals surface area contributed by atoms with E-state index in [1.54, 1.807) is 6.08 Å². The molecule has 3 atom stereocenters. The van der Waals surface area contributed by atoms with Crippen molar-refractivity contribution in [3.63, 3.8) is 0 Å². The van der Waals surface area contributed by atoms with Gasteiger partial charge in [-0.2, -0.15) is 0 Å². The fourth-order valence-electron chi connectivity index (χ4n) is 4.47. The van der Waals surface area contributed by atoms with E-state index in [4.69, 9.17) is 9.47 Å². The molecule has 0 aromatic carbocycles. The number of hydrogen-bond donors (Lipinski definition) is 0. The molecule has 20 heavy (non-hydrogen) atoms. The van der Waals surface area contributed by atoms with Crippen LogP contribution in [-0.2, 0) is 14.3 Å². The van der Waals surface area contributed by atoms with Gasteiger partial charge >= 0.3 is 5.97 Å². The minimum atomic E-state index is -0.815. The molecule has 3 rings (SSSR count). The van der Waals surface area contributed by atoms with Crippen molar-refractivity contribution < 1.29 is 14.3 Å². The number of esters is 1. The molecule has 3 nitrogen and oxygen atoms in total. The maximum absolute atomic E-state index is 11.9. The van der Waals surface area contributed by atoms with E-state index in [2.05, 4.69) is 26.8 Å². The third-order valence-corrected chi connectivity index (χ3v) is 5.31. The summed E-state index contributed by atoms with van der Waals surface area (Å²) in [6.07, 6.45) is 7.17. The Morgan fingerprint density at radius 2 is 2.20 bits per heavy atom. The zero-order valence-corrected chi connectivity index (χ0v) is 12.9. The predicted molar refractivity (Wildman–Crippen MR) is 76.9 cm³/mol. The standard InChI is InChI=1S/C17H24O3/c1-5-19-17-10-12-8-11(2)6-7-13(12)16(3,4)14(17)9-15(18)20-17/h8-9,12-13H,5-7,10H2,1-4H3/t12-,13-,17+/m0/s1. The van der Waals surface area contributed by atoms with Gasteiger partial charge in [0.05, 0.1) is 0 Å². The number of fused-ring (bicyclic) bond motifs is 2. The Labute approximate surface area is 121 Å². The van der Waals surface area contributed by atoms with Gasteiger partial charge < -0.3 is 9.47 Å². The average Bonchev–Trinajstić information content (AvgIpc) is 2.66. The zero-order chi connectivity index (χ0) is 14.5. The van der Waals surface area contributed by atoms with Crippen LogP contribution < -0.4 is 0 Å². The molecule has 3 heteroatoms. The zero-order valence-electron chi connectivity index (χ0n) is 12.9.